The van der Waals surface area contributed by atoms with Crippen LogP contribution in [0.15, 0.2) is 0 Å². The van der Waals surface area contributed by atoms with Crippen molar-refractivity contribution in [2.45, 2.75) is 66.0 Å². The summed E-state index contributed by atoms with van der Waals surface area (Å²) in [5, 5.41) is 0. The highest BCUT2D eigenvalue weighted by Crippen LogP contribution is 2.01. The van der Waals surface area contributed by atoms with Gasteiger partial charge in [0.2, 0.25) is 0 Å². The molecule has 3 nitrogen and oxygen atoms in total. The van der Waals surface area contributed by atoms with Gasteiger partial charge < -0.3 is 14.2 Å². The number of hydrogen-bond donors (Lipinski definition) is 0. The third-order valence-electron chi connectivity index (χ3n) is 1.78. The molecule has 0 amide bonds. The van der Waals surface area contributed by atoms with Crippen LogP contribution >= 0.6 is 0 Å². The molecule has 0 rings (SSSR count). The second-order valence-electron chi connectivity index (χ2n) is 4.52. The minimum atomic E-state index is 0.130. The SMILES string of the molecule is CC(C)OCC(C)OCC(C)OC(C)C. The zero-order valence-corrected chi connectivity index (χ0v) is 10.9. The molecule has 0 heterocycles. The summed E-state index contributed by atoms with van der Waals surface area (Å²) >= 11 is 0. The van der Waals surface area contributed by atoms with Gasteiger partial charge in [-0.25, -0.2) is 0 Å². The van der Waals surface area contributed by atoms with E-state index in [-0.39, 0.29) is 24.4 Å². The summed E-state index contributed by atoms with van der Waals surface area (Å²) in [4.78, 5) is 0. The summed E-state index contributed by atoms with van der Waals surface area (Å²) in [6.45, 7) is 13.4. The summed E-state index contributed by atoms with van der Waals surface area (Å²) in [7, 11) is 0. The molecule has 0 radical (unpaired) electrons. The molecule has 0 aromatic carbocycles. The van der Waals surface area contributed by atoms with Crippen LogP contribution in [0.3, 0.4) is 0 Å². The second-order valence-corrected chi connectivity index (χ2v) is 4.52. The Hall–Kier alpha value is -0.120. The van der Waals surface area contributed by atoms with Gasteiger partial charge in [-0.3, -0.25) is 0 Å². The molecule has 2 unspecified atom stereocenters. The van der Waals surface area contributed by atoms with E-state index < -0.39 is 0 Å². The lowest BCUT2D eigenvalue weighted by Gasteiger charge is -2.20. The van der Waals surface area contributed by atoms with Gasteiger partial charge in [0.05, 0.1) is 37.6 Å². The standard InChI is InChI=1S/C12H26O3/c1-9(2)13-7-11(5)14-8-12(6)15-10(3)4/h9-12H,7-8H2,1-6H3. The van der Waals surface area contributed by atoms with E-state index in [1.54, 1.807) is 0 Å². The Morgan fingerprint density at radius 1 is 0.667 bits per heavy atom. The Bertz CT molecular complexity index is 146. The Morgan fingerprint density at radius 3 is 1.67 bits per heavy atom. The van der Waals surface area contributed by atoms with Crippen LogP contribution in [0, 0.1) is 0 Å². The number of ether oxygens (including phenoxy) is 3. The smallest absolute Gasteiger partial charge is 0.0784 e. The maximum Gasteiger partial charge on any atom is 0.0784 e. The van der Waals surface area contributed by atoms with Crippen LogP contribution in [0.25, 0.3) is 0 Å². The molecule has 92 valence electrons. The summed E-state index contributed by atoms with van der Waals surface area (Å²) in [6, 6.07) is 0. The molecule has 0 aliphatic carbocycles. The van der Waals surface area contributed by atoms with E-state index in [9.17, 15) is 0 Å². The maximum atomic E-state index is 5.61. The van der Waals surface area contributed by atoms with Crippen molar-refractivity contribution < 1.29 is 14.2 Å². The first kappa shape index (κ1) is 14.9. The molecular formula is C12H26O3. The summed E-state index contributed by atoms with van der Waals surface area (Å²) in [6.07, 6.45) is 0.795. The Morgan fingerprint density at radius 2 is 1.20 bits per heavy atom. The first-order valence-electron chi connectivity index (χ1n) is 5.80. The first-order valence-corrected chi connectivity index (χ1v) is 5.80. The molecule has 0 spiro atoms. The maximum absolute atomic E-state index is 5.61. The number of hydrogen-bond acceptors (Lipinski definition) is 3. The molecule has 15 heavy (non-hydrogen) atoms. The Kier molecular flexibility index (Phi) is 8.02. The van der Waals surface area contributed by atoms with Gasteiger partial charge in [-0.1, -0.05) is 0 Å². The van der Waals surface area contributed by atoms with Crippen molar-refractivity contribution in [3.8, 4) is 0 Å². The van der Waals surface area contributed by atoms with Gasteiger partial charge in [-0.05, 0) is 41.5 Å². The summed E-state index contributed by atoms with van der Waals surface area (Å²) < 4.78 is 16.6. The Labute approximate surface area is 94.1 Å². The van der Waals surface area contributed by atoms with Crippen LogP contribution < -0.4 is 0 Å². The van der Waals surface area contributed by atoms with Gasteiger partial charge in [-0.2, -0.15) is 0 Å². The fourth-order valence-electron chi connectivity index (χ4n) is 1.18. The fraction of sp³-hybridized carbons (Fsp3) is 1.00. The van der Waals surface area contributed by atoms with Crippen molar-refractivity contribution in [2.75, 3.05) is 13.2 Å². The van der Waals surface area contributed by atoms with Gasteiger partial charge in [0, 0.05) is 0 Å². The normalized spacial score (nSPS) is 16.0. The molecule has 2 atom stereocenters. The van der Waals surface area contributed by atoms with Crippen LogP contribution in [0.5, 0.6) is 0 Å². The van der Waals surface area contributed by atoms with Gasteiger partial charge in [-0.15, -0.1) is 0 Å². The predicted molar refractivity (Wildman–Crippen MR) is 62.2 cm³/mol. The highest BCUT2D eigenvalue weighted by atomic mass is 16.6. The van der Waals surface area contributed by atoms with Crippen LogP contribution in [-0.2, 0) is 14.2 Å². The molecule has 0 N–H and O–H groups in total. The molecule has 0 saturated carbocycles. The minimum Gasteiger partial charge on any atom is -0.376 e. The quantitative estimate of drug-likeness (QED) is 0.627. The topological polar surface area (TPSA) is 27.7 Å². The van der Waals surface area contributed by atoms with Gasteiger partial charge >= 0.3 is 0 Å². The van der Waals surface area contributed by atoms with E-state index in [4.69, 9.17) is 14.2 Å². The number of rotatable bonds is 8. The highest BCUT2D eigenvalue weighted by Gasteiger charge is 2.09. The summed E-state index contributed by atoms with van der Waals surface area (Å²) in [5.74, 6) is 0. The van der Waals surface area contributed by atoms with Crippen molar-refractivity contribution in [1.29, 1.82) is 0 Å². The lowest BCUT2D eigenvalue weighted by atomic mass is 10.3. The molecule has 0 aliphatic heterocycles. The molecule has 0 saturated heterocycles. The van der Waals surface area contributed by atoms with Crippen LogP contribution in [0.2, 0.25) is 0 Å². The largest absolute Gasteiger partial charge is 0.376 e. The third kappa shape index (κ3) is 10.2. The molecule has 0 aromatic rings. The molecular weight excluding hydrogens is 192 g/mol. The van der Waals surface area contributed by atoms with Crippen molar-refractivity contribution >= 4 is 0 Å². The van der Waals surface area contributed by atoms with E-state index in [0.717, 1.165) is 0 Å². The van der Waals surface area contributed by atoms with Crippen molar-refractivity contribution in [2.24, 2.45) is 0 Å². The van der Waals surface area contributed by atoms with E-state index in [1.807, 2.05) is 41.5 Å². The Balaban J connectivity index is 3.48. The predicted octanol–water partition coefficient (Wildman–Crippen LogP) is 2.63. The van der Waals surface area contributed by atoms with E-state index in [2.05, 4.69) is 0 Å². The van der Waals surface area contributed by atoms with Gasteiger partial charge in [0.1, 0.15) is 0 Å². The van der Waals surface area contributed by atoms with Crippen molar-refractivity contribution in [3.63, 3.8) is 0 Å². The van der Waals surface area contributed by atoms with Crippen LogP contribution in [-0.4, -0.2) is 37.6 Å². The molecule has 3 heteroatoms. The fourth-order valence-corrected chi connectivity index (χ4v) is 1.18. The average molecular weight is 218 g/mol. The first-order chi connectivity index (χ1) is 6.91. The van der Waals surface area contributed by atoms with E-state index in [0.29, 0.717) is 13.2 Å². The molecule has 0 bridgehead atoms. The van der Waals surface area contributed by atoms with Crippen LogP contribution in [0.4, 0.5) is 0 Å². The van der Waals surface area contributed by atoms with Crippen LogP contribution in [0.1, 0.15) is 41.5 Å². The molecule has 0 aromatic heterocycles. The van der Waals surface area contributed by atoms with Crippen molar-refractivity contribution in [1.82, 2.24) is 0 Å². The highest BCUT2D eigenvalue weighted by molar-refractivity contribution is 4.54. The lowest BCUT2D eigenvalue weighted by molar-refractivity contribution is -0.0777. The van der Waals surface area contributed by atoms with Gasteiger partial charge in [0.25, 0.3) is 0 Å². The van der Waals surface area contributed by atoms with Gasteiger partial charge in [0.15, 0.2) is 0 Å². The second kappa shape index (κ2) is 8.08. The van der Waals surface area contributed by atoms with Crippen molar-refractivity contribution in [3.05, 3.63) is 0 Å². The summed E-state index contributed by atoms with van der Waals surface area (Å²) in [5.41, 5.74) is 0. The zero-order valence-electron chi connectivity index (χ0n) is 10.9. The monoisotopic (exact) mass is 218 g/mol. The molecule has 0 fully saturated rings. The molecule has 0 aliphatic rings. The van der Waals surface area contributed by atoms with E-state index >= 15 is 0 Å². The zero-order chi connectivity index (χ0) is 11.8. The third-order valence-corrected chi connectivity index (χ3v) is 1.78. The average Bonchev–Trinajstić information content (AvgIpc) is 2.10. The lowest BCUT2D eigenvalue weighted by Crippen LogP contribution is -2.26. The minimum absolute atomic E-state index is 0.130. The van der Waals surface area contributed by atoms with E-state index in [1.165, 1.54) is 0 Å².